The molecule has 0 aliphatic carbocycles. The molecule has 2 aliphatic heterocycles. The smallest absolute Gasteiger partial charge is 0.181 e. The number of hydrogen-bond donors (Lipinski definition) is 2. The van der Waals surface area contributed by atoms with E-state index in [9.17, 15) is 4.79 Å². The lowest BCUT2D eigenvalue weighted by Gasteiger charge is -2.35. The Morgan fingerprint density at radius 1 is 1.35 bits per heavy atom. The molecule has 1 fully saturated rings. The van der Waals surface area contributed by atoms with Gasteiger partial charge in [0.05, 0.1) is 11.7 Å². The molecule has 0 bridgehead atoms. The maximum Gasteiger partial charge on any atom is 0.181 e. The van der Waals surface area contributed by atoms with E-state index in [2.05, 4.69) is 27.7 Å². The number of ether oxygens (including phenoxy) is 1. The Morgan fingerprint density at radius 2 is 2.13 bits per heavy atom. The molecule has 1 aromatic rings. The molecule has 1 unspecified atom stereocenters. The number of carbonyl (C=O) groups excluding carboxylic acids is 1. The van der Waals surface area contributed by atoms with Gasteiger partial charge < -0.3 is 15.0 Å². The van der Waals surface area contributed by atoms with Gasteiger partial charge in [0.1, 0.15) is 12.4 Å². The molecular formula is C17H26N4O2. The number of Topliss-reactive ketones (excluding diaryl/α,β-unsaturated/α-hetero) is 1. The van der Waals surface area contributed by atoms with Crippen LogP contribution in [-0.2, 0) is 0 Å². The second-order valence-corrected chi connectivity index (χ2v) is 6.23. The van der Waals surface area contributed by atoms with Crippen LogP contribution in [0, 0.1) is 0 Å². The first kappa shape index (κ1) is 16.2. The minimum atomic E-state index is -0.180. The molecule has 3 rings (SSSR count). The molecule has 126 valence electrons. The fraction of sp³-hybridized carbons (Fsp3) is 0.588. The fourth-order valence-electron chi connectivity index (χ4n) is 2.99. The van der Waals surface area contributed by atoms with Crippen molar-refractivity contribution in [2.75, 3.05) is 51.7 Å². The van der Waals surface area contributed by atoms with Gasteiger partial charge in [-0.05, 0) is 31.7 Å². The van der Waals surface area contributed by atoms with Crippen LogP contribution >= 0.6 is 0 Å². The topological polar surface area (TPSA) is 56.8 Å². The second-order valence-electron chi connectivity index (χ2n) is 6.23. The Kier molecular flexibility index (Phi) is 5.15. The Morgan fingerprint density at radius 3 is 2.87 bits per heavy atom. The third kappa shape index (κ3) is 3.83. The van der Waals surface area contributed by atoms with Crippen molar-refractivity contribution >= 4 is 11.5 Å². The van der Waals surface area contributed by atoms with E-state index in [1.54, 1.807) is 0 Å². The molecule has 0 radical (unpaired) electrons. The SMILES string of the molecule is CCC(NN1CCN(C)CC1)C(=O)c1ccc2c(c1)NCCO2. The number of rotatable bonds is 5. The Hall–Kier alpha value is -1.63. The van der Waals surface area contributed by atoms with Gasteiger partial charge in [-0.15, -0.1) is 0 Å². The van der Waals surface area contributed by atoms with Crippen molar-refractivity contribution in [3.8, 4) is 5.75 Å². The Labute approximate surface area is 137 Å². The van der Waals surface area contributed by atoms with E-state index >= 15 is 0 Å². The zero-order valence-corrected chi connectivity index (χ0v) is 14.0. The summed E-state index contributed by atoms with van der Waals surface area (Å²) in [6, 6.07) is 5.48. The highest BCUT2D eigenvalue weighted by Gasteiger charge is 2.23. The summed E-state index contributed by atoms with van der Waals surface area (Å²) < 4.78 is 5.57. The molecule has 6 heteroatoms. The maximum absolute atomic E-state index is 12.8. The van der Waals surface area contributed by atoms with E-state index in [-0.39, 0.29) is 11.8 Å². The number of hydrazine groups is 1. The second kappa shape index (κ2) is 7.29. The van der Waals surface area contributed by atoms with E-state index in [4.69, 9.17) is 4.74 Å². The highest BCUT2D eigenvalue weighted by atomic mass is 16.5. The van der Waals surface area contributed by atoms with Crippen LogP contribution in [0.15, 0.2) is 18.2 Å². The van der Waals surface area contributed by atoms with Gasteiger partial charge in [-0.3, -0.25) is 4.79 Å². The first-order chi connectivity index (χ1) is 11.2. The van der Waals surface area contributed by atoms with Crippen molar-refractivity contribution < 1.29 is 9.53 Å². The van der Waals surface area contributed by atoms with Crippen molar-refractivity contribution in [2.45, 2.75) is 19.4 Å². The zero-order chi connectivity index (χ0) is 16.2. The monoisotopic (exact) mass is 318 g/mol. The van der Waals surface area contributed by atoms with Gasteiger partial charge in [0.25, 0.3) is 0 Å². The lowest BCUT2D eigenvalue weighted by molar-refractivity contribution is 0.0687. The van der Waals surface area contributed by atoms with Gasteiger partial charge in [0.15, 0.2) is 5.78 Å². The number of nitrogens with zero attached hydrogens (tertiary/aromatic N) is 2. The number of fused-ring (bicyclic) bond motifs is 1. The number of piperazine rings is 1. The molecule has 23 heavy (non-hydrogen) atoms. The van der Waals surface area contributed by atoms with E-state index in [0.29, 0.717) is 6.61 Å². The number of nitrogens with one attached hydrogen (secondary N) is 2. The van der Waals surface area contributed by atoms with Crippen LogP contribution in [-0.4, -0.2) is 68.1 Å². The van der Waals surface area contributed by atoms with Crippen LogP contribution in [0.2, 0.25) is 0 Å². The number of likely N-dealkylation sites (N-methyl/N-ethyl adjacent to an activating group) is 1. The number of carbonyl (C=O) groups is 1. The number of anilines is 1. The molecule has 2 N–H and O–H groups in total. The molecule has 0 amide bonds. The molecule has 0 saturated carbocycles. The highest BCUT2D eigenvalue weighted by Crippen LogP contribution is 2.28. The summed E-state index contributed by atoms with van der Waals surface area (Å²) in [5, 5.41) is 5.46. The Bertz CT molecular complexity index is 556. The standard InChI is InChI=1S/C17H26N4O2/c1-3-14(19-21-9-7-20(2)8-10-21)17(22)13-4-5-16-15(12-13)18-6-11-23-16/h4-5,12,14,18-19H,3,6-11H2,1-2H3. The van der Waals surface area contributed by atoms with Crippen molar-refractivity contribution in [2.24, 2.45) is 0 Å². The van der Waals surface area contributed by atoms with Crippen LogP contribution in [0.25, 0.3) is 0 Å². The first-order valence-corrected chi connectivity index (χ1v) is 8.42. The van der Waals surface area contributed by atoms with E-state index in [0.717, 1.165) is 56.1 Å². The lowest BCUT2D eigenvalue weighted by atomic mass is 10.0. The van der Waals surface area contributed by atoms with Gasteiger partial charge >= 0.3 is 0 Å². The van der Waals surface area contributed by atoms with Crippen molar-refractivity contribution in [3.63, 3.8) is 0 Å². The average molecular weight is 318 g/mol. The van der Waals surface area contributed by atoms with Gasteiger partial charge in [0.2, 0.25) is 0 Å². The van der Waals surface area contributed by atoms with E-state index in [1.165, 1.54) is 0 Å². The molecule has 0 spiro atoms. The van der Waals surface area contributed by atoms with Gasteiger partial charge in [-0.25, -0.2) is 10.4 Å². The number of hydrogen-bond acceptors (Lipinski definition) is 6. The molecule has 1 atom stereocenters. The molecule has 1 aromatic carbocycles. The van der Waals surface area contributed by atoms with E-state index in [1.807, 2.05) is 25.1 Å². The summed E-state index contributed by atoms with van der Waals surface area (Å²) in [5.41, 5.74) is 5.06. The van der Waals surface area contributed by atoms with Crippen LogP contribution < -0.4 is 15.5 Å². The number of benzene rings is 1. The fourth-order valence-corrected chi connectivity index (χ4v) is 2.99. The number of ketones is 1. The average Bonchev–Trinajstić information content (AvgIpc) is 2.60. The van der Waals surface area contributed by atoms with Crippen LogP contribution in [0.4, 0.5) is 5.69 Å². The largest absolute Gasteiger partial charge is 0.490 e. The van der Waals surface area contributed by atoms with Crippen LogP contribution in [0.5, 0.6) is 5.75 Å². The minimum absolute atomic E-state index is 0.140. The zero-order valence-electron chi connectivity index (χ0n) is 14.0. The maximum atomic E-state index is 12.8. The van der Waals surface area contributed by atoms with E-state index < -0.39 is 0 Å². The van der Waals surface area contributed by atoms with Gasteiger partial charge in [-0.2, -0.15) is 0 Å². The molecule has 2 aliphatic rings. The summed E-state index contributed by atoms with van der Waals surface area (Å²) in [6.45, 7) is 7.44. The lowest BCUT2D eigenvalue weighted by Crippen LogP contribution is -2.55. The van der Waals surface area contributed by atoms with Gasteiger partial charge in [0, 0.05) is 38.3 Å². The summed E-state index contributed by atoms with van der Waals surface area (Å²) in [5.74, 6) is 0.967. The molecule has 6 nitrogen and oxygen atoms in total. The minimum Gasteiger partial charge on any atom is -0.490 e. The highest BCUT2D eigenvalue weighted by molar-refractivity contribution is 6.01. The molecular weight excluding hydrogens is 292 g/mol. The summed E-state index contributed by atoms with van der Waals surface area (Å²) in [6.07, 6.45) is 0.770. The normalized spacial score (nSPS) is 20.3. The third-order valence-electron chi connectivity index (χ3n) is 4.51. The molecule has 2 heterocycles. The predicted octanol–water partition coefficient (Wildman–Crippen LogP) is 1.20. The Balaban J connectivity index is 1.67. The van der Waals surface area contributed by atoms with Crippen molar-refractivity contribution in [1.82, 2.24) is 15.3 Å². The summed E-state index contributed by atoms with van der Waals surface area (Å²) in [4.78, 5) is 15.1. The quantitative estimate of drug-likeness (QED) is 0.796. The summed E-state index contributed by atoms with van der Waals surface area (Å²) in [7, 11) is 2.13. The third-order valence-corrected chi connectivity index (χ3v) is 4.51. The molecule has 0 aromatic heterocycles. The molecule has 1 saturated heterocycles. The van der Waals surface area contributed by atoms with Gasteiger partial charge in [-0.1, -0.05) is 6.92 Å². The van der Waals surface area contributed by atoms with Crippen molar-refractivity contribution in [3.05, 3.63) is 23.8 Å². The first-order valence-electron chi connectivity index (χ1n) is 8.42. The predicted molar refractivity (Wildman–Crippen MR) is 91.0 cm³/mol. The van der Waals surface area contributed by atoms with Crippen LogP contribution in [0.3, 0.4) is 0 Å². The van der Waals surface area contributed by atoms with Crippen LogP contribution in [0.1, 0.15) is 23.7 Å². The summed E-state index contributed by atoms with van der Waals surface area (Å²) >= 11 is 0. The van der Waals surface area contributed by atoms with Crippen molar-refractivity contribution in [1.29, 1.82) is 0 Å².